The molecule has 1 atom stereocenters. The fourth-order valence-electron chi connectivity index (χ4n) is 4.16. The van der Waals surface area contributed by atoms with Crippen molar-refractivity contribution < 1.29 is 4.94 Å². The van der Waals surface area contributed by atoms with Crippen LogP contribution in [-0.2, 0) is 11.5 Å². The van der Waals surface area contributed by atoms with E-state index < -0.39 is 0 Å². The van der Waals surface area contributed by atoms with E-state index in [4.69, 9.17) is 17.5 Å². The molecule has 6 heteroatoms. The first-order valence-corrected chi connectivity index (χ1v) is 11.5. The Morgan fingerprint density at radius 1 is 0.879 bits per heavy atom. The molecule has 33 heavy (non-hydrogen) atoms. The highest BCUT2D eigenvalue weighted by molar-refractivity contribution is 6.30. The summed E-state index contributed by atoms with van der Waals surface area (Å²) in [6, 6.07) is 27.3. The minimum absolute atomic E-state index is 0.231. The van der Waals surface area contributed by atoms with Crippen molar-refractivity contribution in [2.75, 3.05) is 32.7 Å². The third-order valence-electron chi connectivity index (χ3n) is 5.92. The van der Waals surface area contributed by atoms with Gasteiger partial charge < -0.3 is 0 Å². The van der Waals surface area contributed by atoms with Crippen molar-refractivity contribution in [3.05, 3.63) is 106 Å². The summed E-state index contributed by atoms with van der Waals surface area (Å²) in [4.78, 5) is 9.37. The monoisotopic (exact) mass is 460 g/mol. The quantitative estimate of drug-likeness (QED) is 0.412. The molecule has 0 aliphatic carbocycles. The third kappa shape index (κ3) is 6.66. The molecule has 5 nitrogen and oxygen atoms in total. The number of nitrogens with one attached hydrogen (secondary N) is 1. The van der Waals surface area contributed by atoms with Gasteiger partial charge in [-0.1, -0.05) is 78.0 Å². The van der Waals surface area contributed by atoms with E-state index in [0.29, 0.717) is 6.54 Å². The molecule has 3 aromatic rings. The molecule has 0 bridgehead atoms. The molecule has 1 aliphatic heterocycles. The summed E-state index contributed by atoms with van der Waals surface area (Å²) in [5, 5.41) is 0.768. The van der Waals surface area contributed by atoms with Crippen molar-refractivity contribution >= 4 is 11.6 Å². The average Bonchev–Trinajstić information content (AvgIpc) is 2.86. The first-order chi connectivity index (χ1) is 16.2. The van der Waals surface area contributed by atoms with Crippen LogP contribution in [0.4, 0.5) is 0 Å². The fourth-order valence-corrected chi connectivity index (χ4v) is 4.28. The Bertz CT molecular complexity index is 1050. The molecule has 0 spiro atoms. The van der Waals surface area contributed by atoms with Crippen LogP contribution in [-0.4, -0.2) is 42.5 Å². The molecular formula is C27H29ClN4O. The zero-order valence-corrected chi connectivity index (χ0v) is 19.3. The lowest BCUT2D eigenvalue weighted by Gasteiger charge is -2.39. The zero-order chi connectivity index (χ0) is 22.9. The fraction of sp³-hybridized carbons (Fsp3) is 0.259. The summed E-state index contributed by atoms with van der Waals surface area (Å²) < 4.78 is 0. The van der Waals surface area contributed by atoms with Crippen LogP contribution in [0.3, 0.4) is 0 Å². The normalized spacial score (nSPS) is 15.6. The lowest BCUT2D eigenvalue weighted by atomic mass is 9.96. The van der Waals surface area contributed by atoms with E-state index in [1.807, 2.05) is 36.4 Å². The summed E-state index contributed by atoms with van der Waals surface area (Å²) in [5.41, 5.74) is 7.32. The van der Waals surface area contributed by atoms with E-state index in [0.717, 1.165) is 48.9 Å². The SMILES string of the molecule is NONCc1ccc(C#CCN2CCN([C@H](c3ccccc3)c3ccc(Cl)cc3)CC2)cc1. The largest absolute Gasteiger partial charge is 0.290 e. The minimum atomic E-state index is 0.231. The second-order valence-electron chi connectivity index (χ2n) is 8.11. The zero-order valence-electron chi connectivity index (χ0n) is 18.6. The van der Waals surface area contributed by atoms with Crippen molar-refractivity contribution in [2.24, 2.45) is 5.90 Å². The van der Waals surface area contributed by atoms with Crippen molar-refractivity contribution in [3.8, 4) is 11.8 Å². The van der Waals surface area contributed by atoms with Gasteiger partial charge in [0.25, 0.3) is 0 Å². The maximum absolute atomic E-state index is 6.14. The minimum Gasteiger partial charge on any atom is -0.290 e. The summed E-state index contributed by atoms with van der Waals surface area (Å²) in [6.07, 6.45) is 0. The molecule has 3 aromatic carbocycles. The Labute approximate surface area is 201 Å². The molecule has 3 N–H and O–H groups in total. The maximum Gasteiger partial charge on any atom is 0.0606 e. The number of hydrogen-bond donors (Lipinski definition) is 2. The van der Waals surface area contributed by atoms with Gasteiger partial charge in [-0.05, 0) is 41.0 Å². The summed E-state index contributed by atoms with van der Waals surface area (Å²) in [7, 11) is 0. The van der Waals surface area contributed by atoms with Gasteiger partial charge >= 0.3 is 0 Å². The highest BCUT2D eigenvalue weighted by Crippen LogP contribution is 2.30. The lowest BCUT2D eigenvalue weighted by molar-refractivity contribution is 0.0362. The maximum atomic E-state index is 6.14. The molecule has 0 saturated carbocycles. The molecule has 0 amide bonds. The van der Waals surface area contributed by atoms with Gasteiger partial charge in [0.1, 0.15) is 0 Å². The highest BCUT2D eigenvalue weighted by atomic mass is 35.5. The Hall–Kier alpha value is -2.69. The second kappa shape index (κ2) is 12.0. The molecule has 4 rings (SSSR count). The number of hydrogen-bond acceptors (Lipinski definition) is 5. The predicted octanol–water partition coefficient (Wildman–Crippen LogP) is 3.99. The van der Waals surface area contributed by atoms with Gasteiger partial charge in [-0.15, -0.1) is 0 Å². The van der Waals surface area contributed by atoms with Gasteiger partial charge in [0.15, 0.2) is 0 Å². The molecule has 1 saturated heterocycles. The van der Waals surface area contributed by atoms with Gasteiger partial charge in [0.05, 0.1) is 12.6 Å². The van der Waals surface area contributed by atoms with Crippen LogP contribution in [0.15, 0.2) is 78.9 Å². The van der Waals surface area contributed by atoms with Gasteiger partial charge in [0.2, 0.25) is 0 Å². The summed E-state index contributed by atoms with van der Waals surface area (Å²) >= 11 is 6.14. The molecule has 0 radical (unpaired) electrons. The summed E-state index contributed by atoms with van der Waals surface area (Å²) in [5.74, 6) is 11.6. The number of benzene rings is 3. The molecule has 0 unspecified atom stereocenters. The Morgan fingerprint density at radius 2 is 1.55 bits per heavy atom. The van der Waals surface area contributed by atoms with E-state index in [-0.39, 0.29) is 6.04 Å². The Kier molecular flexibility index (Phi) is 8.51. The number of nitrogens with zero attached hydrogens (tertiary/aromatic N) is 2. The predicted molar refractivity (Wildman–Crippen MR) is 133 cm³/mol. The first kappa shape index (κ1) is 23.5. The molecule has 1 aliphatic rings. The van der Waals surface area contributed by atoms with Crippen LogP contribution in [0.5, 0.6) is 0 Å². The highest BCUT2D eigenvalue weighted by Gasteiger charge is 2.26. The molecular weight excluding hydrogens is 432 g/mol. The van der Waals surface area contributed by atoms with E-state index in [9.17, 15) is 0 Å². The Morgan fingerprint density at radius 3 is 2.21 bits per heavy atom. The van der Waals surface area contributed by atoms with Gasteiger partial charge in [0, 0.05) is 43.3 Å². The van der Waals surface area contributed by atoms with E-state index >= 15 is 0 Å². The number of hydroxylamine groups is 1. The third-order valence-corrected chi connectivity index (χ3v) is 6.17. The molecule has 170 valence electrons. The number of nitrogens with two attached hydrogens (primary N) is 1. The second-order valence-corrected chi connectivity index (χ2v) is 8.55. The molecule has 1 fully saturated rings. The van der Waals surface area contributed by atoms with Crippen LogP contribution >= 0.6 is 11.6 Å². The van der Waals surface area contributed by atoms with Crippen LogP contribution in [0.1, 0.15) is 28.3 Å². The first-order valence-electron chi connectivity index (χ1n) is 11.2. The van der Waals surface area contributed by atoms with Crippen LogP contribution < -0.4 is 11.4 Å². The van der Waals surface area contributed by atoms with Crippen LogP contribution in [0.2, 0.25) is 5.02 Å². The van der Waals surface area contributed by atoms with Crippen molar-refractivity contribution in [1.82, 2.24) is 15.3 Å². The smallest absolute Gasteiger partial charge is 0.0606 e. The molecule has 1 heterocycles. The van der Waals surface area contributed by atoms with Crippen LogP contribution in [0.25, 0.3) is 0 Å². The van der Waals surface area contributed by atoms with E-state index in [1.165, 1.54) is 11.1 Å². The lowest BCUT2D eigenvalue weighted by Crippen LogP contribution is -2.47. The number of rotatable bonds is 7. The van der Waals surface area contributed by atoms with E-state index in [1.54, 1.807) is 0 Å². The van der Waals surface area contributed by atoms with Crippen LogP contribution in [0, 0.1) is 11.8 Å². The summed E-state index contributed by atoms with van der Waals surface area (Å²) in [6.45, 7) is 5.32. The van der Waals surface area contributed by atoms with Crippen molar-refractivity contribution in [1.29, 1.82) is 0 Å². The van der Waals surface area contributed by atoms with E-state index in [2.05, 4.69) is 74.5 Å². The number of halogens is 1. The van der Waals surface area contributed by atoms with Gasteiger partial charge in [-0.2, -0.15) is 11.4 Å². The Balaban J connectivity index is 1.35. The van der Waals surface area contributed by atoms with Crippen molar-refractivity contribution in [3.63, 3.8) is 0 Å². The molecule has 0 aromatic heterocycles. The van der Waals surface area contributed by atoms with Crippen molar-refractivity contribution in [2.45, 2.75) is 12.6 Å². The van der Waals surface area contributed by atoms with Gasteiger partial charge in [-0.25, -0.2) is 4.94 Å². The topological polar surface area (TPSA) is 53.8 Å². The average molecular weight is 461 g/mol. The number of piperazine rings is 1. The van der Waals surface area contributed by atoms with Gasteiger partial charge in [-0.3, -0.25) is 9.80 Å². The standard InChI is InChI=1S/C27H29ClN4O/c28-26-14-12-25(13-15-26)27(24-6-2-1-3-7-24)32-19-17-31(18-20-32)16-4-5-22-8-10-23(11-9-22)21-30-33-29/h1-3,6-15,27,30H,16-21,29H2/t27-/m1/s1.